The Morgan fingerprint density at radius 2 is 1.80 bits per heavy atom. The lowest BCUT2D eigenvalue weighted by Gasteiger charge is -2.20. The number of phenols is 1. The predicted molar refractivity (Wildman–Crippen MR) is 130 cm³/mol. The van der Waals surface area contributed by atoms with Gasteiger partial charge < -0.3 is 36.9 Å². The van der Waals surface area contributed by atoms with Gasteiger partial charge in [-0.1, -0.05) is 12.1 Å². The van der Waals surface area contributed by atoms with Gasteiger partial charge in [-0.05, 0) is 36.1 Å². The van der Waals surface area contributed by atoms with Crippen LogP contribution in [0.5, 0.6) is 5.75 Å². The van der Waals surface area contributed by atoms with E-state index in [0.29, 0.717) is 23.4 Å². The highest BCUT2D eigenvalue weighted by molar-refractivity contribution is 7.98. The van der Waals surface area contributed by atoms with Gasteiger partial charge in [-0.25, -0.2) is 9.78 Å². The van der Waals surface area contributed by atoms with Crippen molar-refractivity contribution in [2.75, 3.05) is 18.6 Å². The number of hydrogen-bond acceptors (Lipinski definition) is 8. The number of aromatic hydroxyl groups is 1. The molecular formula is C22H30N6O6S. The predicted octanol–water partition coefficient (Wildman–Crippen LogP) is -0.849. The number of aliphatic carboxylic acids is 1. The fraction of sp³-hybridized carbons (Fsp3) is 0.409. The molecule has 2 rings (SSSR count). The lowest BCUT2D eigenvalue weighted by atomic mass is 10.1. The van der Waals surface area contributed by atoms with Crippen LogP contribution >= 0.6 is 11.8 Å². The molecule has 0 saturated carbocycles. The number of rotatable bonds is 14. The van der Waals surface area contributed by atoms with Crippen LogP contribution in [0.15, 0.2) is 36.8 Å². The highest BCUT2D eigenvalue weighted by Crippen LogP contribution is 2.11. The number of hydrogen-bond donors (Lipinski definition) is 7. The summed E-state index contributed by atoms with van der Waals surface area (Å²) in [5, 5.41) is 26.2. The molecule has 3 unspecified atom stereocenters. The first-order valence-electron chi connectivity index (χ1n) is 10.8. The van der Waals surface area contributed by atoms with Gasteiger partial charge in [0.25, 0.3) is 0 Å². The second kappa shape index (κ2) is 14.0. The number of carbonyl (C=O) groups excluding carboxylic acids is 3. The lowest BCUT2D eigenvalue weighted by Crippen LogP contribution is -2.54. The molecular weight excluding hydrogens is 476 g/mol. The second-order valence-electron chi connectivity index (χ2n) is 7.78. The van der Waals surface area contributed by atoms with Crippen LogP contribution in [0.3, 0.4) is 0 Å². The molecule has 1 aromatic heterocycles. The number of aromatic nitrogens is 2. The minimum atomic E-state index is -1.25. The molecule has 1 heterocycles. The van der Waals surface area contributed by atoms with Crippen molar-refractivity contribution in [3.63, 3.8) is 0 Å². The van der Waals surface area contributed by atoms with Crippen molar-refractivity contribution in [1.29, 1.82) is 0 Å². The molecule has 8 N–H and O–H groups in total. The first-order valence-corrected chi connectivity index (χ1v) is 12.2. The number of phenolic OH excluding ortho intramolecular Hbond substituents is 1. The molecule has 35 heavy (non-hydrogen) atoms. The van der Waals surface area contributed by atoms with Crippen LogP contribution < -0.4 is 21.7 Å². The Morgan fingerprint density at radius 1 is 1.09 bits per heavy atom. The maximum atomic E-state index is 12.8. The van der Waals surface area contributed by atoms with Crippen LogP contribution in [0.2, 0.25) is 0 Å². The smallest absolute Gasteiger partial charge is 0.326 e. The van der Waals surface area contributed by atoms with E-state index in [4.69, 9.17) is 5.73 Å². The molecule has 190 valence electrons. The quantitative estimate of drug-likeness (QED) is 0.170. The van der Waals surface area contributed by atoms with Crippen molar-refractivity contribution < 1.29 is 29.4 Å². The maximum absolute atomic E-state index is 12.8. The summed E-state index contributed by atoms with van der Waals surface area (Å²) in [7, 11) is 0. The van der Waals surface area contributed by atoms with E-state index in [0.717, 1.165) is 0 Å². The van der Waals surface area contributed by atoms with Gasteiger partial charge in [0.05, 0.1) is 18.9 Å². The van der Waals surface area contributed by atoms with E-state index in [9.17, 15) is 29.4 Å². The summed E-state index contributed by atoms with van der Waals surface area (Å²) < 4.78 is 0. The van der Waals surface area contributed by atoms with Gasteiger partial charge in [-0.3, -0.25) is 14.4 Å². The molecule has 0 saturated heterocycles. The number of carboxylic acids is 1. The van der Waals surface area contributed by atoms with E-state index in [1.54, 1.807) is 23.9 Å². The van der Waals surface area contributed by atoms with Gasteiger partial charge in [-0.15, -0.1) is 0 Å². The monoisotopic (exact) mass is 506 g/mol. The number of benzene rings is 1. The highest BCUT2D eigenvalue weighted by atomic mass is 32.2. The van der Waals surface area contributed by atoms with Crippen molar-refractivity contribution in [2.24, 2.45) is 5.73 Å². The fourth-order valence-electron chi connectivity index (χ4n) is 3.08. The molecule has 0 radical (unpaired) electrons. The zero-order valence-corrected chi connectivity index (χ0v) is 20.0. The number of carbonyl (C=O) groups is 4. The number of nitrogens with one attached hydrogen (secondary N) is 4. The maximum Gasteiger partial charge on any atom is 0.326 e. The largest absolute Gasteiger partial charge is 0.508 e. The van der Waals surface area contributed by atoms with Gasteiger partial charge in [0.1, 0.15) is 17.8 Å². The number of nitrogens with zero attached hydrogens (tertiary/aromatic N) is 1. The Hall–Kier alpha value is -3.58. The first-order chi connectivity index (χ1) is 16.7. The number of thioether (sulfide) groups is 1. The Morgan fingerprint density at radius 3 is 2.40 bits per heavy atom. The first kappa shape index (κ1) is 27.7. The van der Waals surface area contributed by atoms with E-state index in [-0.39, 0.29) is 18.6 Å². The van der Waals surface area contributed by atoms with Crippen molar-refractivity contribution >= 4 is 35.5 Å². The van der Waals surface area contributed by atoms with Gasteiger partial charge in [0.2, 0.25) is 17.7 Å². The summed E-state index contributed by atoms with van der Waals surface area (Å²) in [5.41, 5.74) is 7.08. The van der Waals surface area contributed by atoms with E-state index in [2.05, 4.69) is 25.9 Å². The van der Waals surface area contributed by atoms with E-state index in [1.165, 1.54) is 24.7 Å². The van der Waals surface area contributed by atoms with Gasteiger partial charge >= 0.3 is 5.97 Å². The summed E-state index contributed by atoms with van der Waals surface area (Å²) in [4.78, 5) is 55.8. The van der Waals surface area contributed by atoms with Crippen molar-refractivity contribution in [1.82, 2.24) is 25.9 Å². The number of carboxylic acid groups (broad SMARTS) is 1. The third kappa shape index (κ3) is 9.66. The lowest BCUT2D eigenvalue weighted by molar-refractivity contribution is -0.141. The SMILES string of the molecule is CSCCC(N)C(=O)NC(Cc1cnc[nH]1)C(=O)NCC(=O)NC(Cc1ccc(O)cc1)C(=O)O. The van der Waals surface area contributed by atoms with E-state index < -0.39 is 48.4 Å². The van der Waals surface area contributed by atoms with E-state index in [1.807, 2.05) is 6.26 Å². The fourth-order valence-corrected chi connectivity index (χ4v) is 3.57. The summed E-state index contributed by atoms with van der Waals surface area (Å²) in [5.74, 6) is -2.38. The number of H-pyrrole nitrogens is 1. The molecule has 3 atom stereocenters. The molecule has 0 aliphatic heterocycles. The molecule has 0 bridgehead atoms. The second-order valence-corrected chi connectivity index (χ2v) is 8.76. The third-order valence-electron chi connectivity index (χ3n) is 5.01. The summed E-state index contributed by atoms with van der Waals surface area (Å²) in [6.07, 6.45) is 5.35. The highest BCUT2D eigenvalue weighted by Gasteiger charge is 2.26. The third-order valence-corrected chi connectivity index (χ3v) is 5.66. The van der Waals surface area contributed by atoms with Crippen LogP contribution in [0.4, 0.5) is 0 Å². The summed E-state index contributed by atoms with van der Waals surface area (Å²) >= 11 is 1.55. The number of nitrogens with two attached hydrogens (primary N) is 1. The molecule has 0 fully saturated rings. The topological polar surface area (TPSA) is 200 Å². The Kier molecular flexibility index (Phi) is 11.0. The molecule has 0 aliphatic rings. The average molecular weight is 507 g/mol. The summed E-state index contributed by atoms with van der Waals surface area (Å²) in [6, 6.07) is 2.87. The zero-order chi connectivity index (χ0) is 25.8. The molecule has 1 aromatic carbocycles. The molecule has 13 heteroatoms. The number of aromatic amines is 1. The molecule has 0 aliphatic carbocycles. The minimum Gasteiger partial charge on any atom is -0.508 e. The number of amides is 3. The van der Waals surface area contributed by atoms with Gasteiger partial charge in [0, 0.05) is 24.7 Å². The Bertz CT molecular complexity index is 985. The molecule has 12 nitrogen and oxygen atoms in total. The van der Waals surface area contributed by atoms with Crippen LogP contribution in [0.1, 0.15) is 17.7 Å². The standard InChI is InChI=1S/C22H30N6O6S/c1-35-7-6-16(23)20(31)28-17(9-14-10-24-12-26-14)21(32)25-11-19(30)27-18(22(33)34)8-13-2-4-15(29)5-3-13/h2-5,10,12,16-18,29H,6-9,11,23H2,1H3,(H,24,26)(H,25,32)(H,27,30)(H,28,31)(H,33,34). The van der Waals surface area contributed by atoms with Crippen molar-refractivity contribution in [2.45, 2.75) is 37.4 Å². The van der Waals surface area contributed by atoms with Crippen LogP contribution in [-0.4, -0.2) is 80.6 Å². The Labute approximate surface area is 206 Å². The molecule has 0 spiro atoms. The molecule has 3 amide bonds. The minimum absolute atomic E-state index is 0.0122. The summed E-state index contributed by atoms with van der Waals surface area (Å²) in [6.45, 7) is -0.494. The Balaban J connectivity index is 1.95. The van der Waals surface area contributed by atoms with Crippen LogP contribution in [-0.2, 0) is 32.0 Å². The average Bonchev–Trinajstić information content (AvgIpc) is 3.34. The van der Waals surface area contributed by atoms with Gasteiger partial charge in [0.15, 0.2) is 0 Å². The number of imidazole rings is 1. The normalized spacial score (nSPS) is 13.3. The zero-order valence-electron chi connectivity index (χ0n) is 19.2. The van der Waals surface area contributed by atoms with Crippen LogP contribution in [0, 0.1) is 0 Å². The van der Waals surface area contributed by atoms with E-state index >= 15 is 0 Å². The molecule has 2 aromatic rings. The van der Waals surface area contributed by atoms with Gasteiger partial charge in [-0.2, -0.15) is 11.8 Å². The van der Waals surface area contributed by atoms with Crippen molar-refractivity contribution in [3.05, 3.63) is 48.0 Å². The van der Waals surface area contributed by atoms with Crippen LogP contribution in [0.25, 0.3) is 0 Å². The van der Waals surface area contributed by atoms with Crippen molar-refractivity contribution in [3.8, 4) is 5.75 Å².